The van der Waals surface area contributed by atoms with E-state index in [1.54, 1.807) is 34.9 Å². The lowest BCUT2D eigenvalue weighted by molar-refractivity contribution is -0.114. The Labute approximate surface area is 180 Å². The number of hydrogen-bond acceptors (Lipinski definition) is 5. The number of thiazole rings is 1. The largest absolute Gasteiger partial charge is 0.324 e. The van der Waals surface area contributed by atoms with Gasteiger partial charge in [0.2, 0.25) is 15.9 Å². The molecule has 0 atom stereocenters. The van der Waals surface area contributed by atoms with E-state index in [1.807, 2.05) is 32.9 Å². The van der Waals surface area contributed by atoms with Crippen LogP contribution in [0, 0.1) is 0 Å². The Hall–Kier alpha value is -2.65. The van der Waals surface area contributed by atoms with Crippen LogP contribution >= 0.6 is 11.3 Å². The SMILES string of the molecule is CCc1ccccc1N(CC(=O)Nc1ccc2c(c1)sc(=O)n2C(C)C)S(C)(=O)=O. The first kappa shape index (κ1) is 22.0. The van der Waals surface area contributed by atoms with Gasteiger partial charge in [0.1, 0.15) is 6.54 Å². The molecule has 0 radical (unpaired) electrons. The minimum atomic E-state index is -3.65. The maximum atomic E-state index is 12.7. The molecule has 1 amide bonds. The lowest BCUT2D eigenvalue weighted by Crippen LogP contribution is -2.38. The van der Waals surface area contributed by atoms with Gasteiger partial charge < -0.3 is 5.32 Å². The molecule has 30 heavy (non-hydrogen) atoms. The van der Waals surface area contributed by atoms with Crippen molar-refractivity contribution in [1.29, 1.82) is 0 Å². The highest BCUT2D eigenvalue weighted by Gasteiger charge is 2.23. The molecule has 1 aromatic heterocycles. The van der Waals surface area contributed by atoms with E-state index in [-0.39, 0.29) is 17.5 Å². The Morgan fingerprint density at radius 2 is 1.90 bits per heavy atom. The number of amides is 1. The molecule has 3 rings (SSSR count). The molecule has 0 saturated carbocycles. The van der Waals surface area contributed by atoms with Crippen molar-refractivity contribution in [3.63, 3.8) is 0 Å². The van der Waals surface area contributed by atoms with E-state index in [0.717, 1.165) is 37.7 Å². The van der Waals surface area contributed by atoms with Crippen LogP contribution in [0.25, 0.3) is 10.2 Å². The zero-order chi connectivity index (χ0) is 22.1. The van der Waals surface area contributed by atoms with Crippen molar-refractivity contribution in [3.8, 4) is 0 Å². The van der Waals surface area contributed by atoms with Gasteiger partial charge in [-0.25, -0.2) is 8.42 Å². The number of anilines is 2. The lowest BCUT2D eigenvalue weighted by Gasteiger charge is -2.24. The number of aromatic nitrogens is 1. The van der Waals surface area contributed by atoms with Crippen molar-refractivity contribution in [2.45, 2.75) is 33.2 Å². The molecule has 0 aliphatic rings. The van der Waals surface area contributed by atoms with Crippen LogP contribution in [0.1, 0.15) is 32.4 Å². The van der Waals surface area contributed by atoms with Gasteiger partial charge in [0.25, 0.3) is 0 Å². The predicted octanol–water partition coefficient (Wildman–Crippen LogP) is 3.61. The van der Waals surface area contributed by atoms with E-state index in [4.69, 9.17) is 0 Å². The smallest absolute Gasteiger partial charge is 0.308 e. The summed E-state index contributed by atoms with van der Waals surface area (Å²) in [5, 5.41) is 2.75. The first-order valence-electron chi connectivity index (χ1n) is 9.62. The third-order valence-corrected chi connectivity index (χ3v) is 6.79. The van der Waals surface area contributed by atoms with Crippen molar-refractivity contribution in [3.05, 3.63) is 57.7 Å². The van der Waals surface area contributed by atoms with Crippen molar-refractivity contribution in [2.75, 3.05) is 22.4 Å². The molecule has 9 heteroatoms. The molecule has 3 aromatic rings. The average molecular weight is 448 g/mol. The van der Waals surface area contributed by atoms with Gasteiger partial charge in [0, 0.05) is 11.7 Å². The number of fused-ring (bicyclic) bond motifs is 1. The number of rotatable bonds is 7. The third kappa shape index (κ3) is 4.57. The van der Waals surface area contributed by atoms with Gasteiger partial charge >= 0.3 is 4.87 Å². The molecule has 160 valence electrons. The fourth-order valence-electron chi connectivity index (χ4n) is 3.37. The van der Waals surface area contributed by atoms with Crippen LogP contribution in [0.2, 0.25) is 0 Å². The molecular weight excluding hydrogens is 422 g/mol. The standard InChI is InChI=1S/C21H25N3O4S2/c1-5-15-8-6-7-9-17(15)23(30(4,27)28)13-20(25)22-16-10-11-18-19(12-16)29-21(26)24(18)14(2)3/h6-12,14H,5,13H2,1-4H3,(H,22,25). The Balaban J connectivity index is 1.86. The highest BCUT2D eigenvalue weighted by Crippen LogP contribution is 2.25. The summed E-state index contributed by atoms with van der Waals surface area (Å²) in [6, 6.07) is 12.4. The molecule has 1 N–H and O–H groups in total. The van der Waals surface area contributed by atoms with Gasteiger partial charge in [-0.3, -0.25) is 18.5 Å². The number of para-hydroxylation sites is 1. The van der Waals surface area contributed by atoms with Crippen LogP contribution in [0.5, 0.6) is 0 Å². The topological polar surface area (TPSA) is 88.5 Å². The van der Waals surface area contributed by atoms with Gasteiger partial charge in [-0.15, -0.1) is 0 Å². The molecular formula is C21H25N3O4S2. The third-order valence-electron chi connectivity index (χ3n) is 4.74. The van der Waals surface area contributed by atoms with Crippen LogP contribution in [-0.4, -0.2) is 31.7 Å². The summed E-state index contributed by atoms with van der Waals surface area (Å²) in [4.78, 5) is 24.8. The maximum Gasteiger partial charge on any atom is 0.308 e. The highest BCUT2D eigenvalue weighted by molar-refractivity contribution is 7.92. The quantitative estimate of drug-likeness (QED) is 0.599. The van der Waals surface area contributed by atoms with Gasteiger partial charge in [-0.1, -0.05) is 36.5 Å². The molecule has 2 aromatic carbocycles. The van der Waals surface area contributed by atoms with Crippen molar-refractivity contribution < 1.29 is 13.2 Å². The summed E-state index contributed by atoms with van der Waals surface area (Å²) in [5.41, 5.74) is 2.67. The molecule has 7 nitrogen and oxygen atoms in total. The number of nitrogens with zero attached hydrogens (tertiary/aromatic N) is 2. The lowest BCUT2D eigenvalue weighted by atomic mass is 10.1. The molecule has 0 aliphatic heterocycles. The number of carbonyl (C=O) groups excluding carboxylic acids is 1. The number of aryl methyl sites for hydroxylation is 1. The fraction of sp³-hybridized carbons (Fsp3) is 0.333. The summed E-state index contributed by atoms with van der Waals surface area (Å²) >= 11 is 1.12. The van der Waals surface area contributed by atoms with E-state index in [1.165, 1.54) is 0 Å². The summed E-state index contributed by atoms with van der Waals surface area (Å²) in [7, 11) is -3.65. The first-order chi connectivity index (χ1) is 14.1. The van der Waals surface area contributed by atoms with E-state index >= 15 is 0 Å². The summed E-state index contributed by atoms with van der Waals surface area (Å²) in [6.45, 7) is 5.48. The number of nitrogens with one attached hydrogen (secondary N) is 1. The van der Waals surface area contributed by atoms with Crippen LogP contribution in [-0.2, 0) is 21.2 Å². The van der Waals surface area contributed by atoms with E-state index in [9.17, 15) is 18.0 Å². The van der Waals surface area contributed by atoms with Gasteiger partial charge in [0.15, 0.2) is 0 Å². The van der Waals surface area contributed by atoms with Crippen LogP contribution in [0.15, 0.2) is 47.3 Å². The Bertz CT molecular complexity index is 1240. The van der Waals surface area contributed by atoms with Crippen molar-refractivity contribution in [2.24, 2.45) is 0 Å². The Morgan fingerprint density at radius 3 is 2.53 bits per heavy atom. The second-order valence-electron chi connectivity index (χ2n) is 7.31. The molecule has 0 bridgehead atoms. The van der Waals surface area contributed by atoms with E-state index < -0.39 is 15.9 Å². The molecule has 0 saturated heterocycles. The minimum Gasteiger partial charge on any atom is -0.324 e. The van der Waals surface area contributed by atoms with Gasteiger partial charge in [0.05, 0.1) is 22.2 Å². The Kier molecular flexibility index (Phi) is 6.33. The zero-order valence-electron chi connectivity index (χ0n) is 17.4. The summed E-state index contributed by atoms with van der Waals surface area (Å²) in [6.07, 6.45) is 1.73. The molecule has 1 heterocycles. The molecule has 0 aliphatic carbocycles. The highest BCUT2D eigenvalue weighted by atomic mass is 32.2. The normalized spacial score (nSPS) is 11.8. The maximum absolute atomic E-state index is 12.7. The van der Waals surface area contributed by atoms with Crippen LogP contribution < -0.4 is 14.5 Å². The summed E-state index contributed by atoms with van der Waals surface area (Å²) in [5.74, 6) is -0.457. The number of carbonyl (C=O) groups is 1. The first-order valence-corrected chi connectivity index (χ1v) is 12.3. The predicted molar refractivity (Wildman–Crippen MR) is 123 cm³/mol. The fourth-order valence-corrected chi connectivity index (χ4v) is 5.31. The molecule has 0 unspecified atom stereocenters. The van der Waals surface area contributed by atoms with E-state index in [0.29, 0.717) is 17.8 Å². The summed E-state index contributed by atoms with van der Waals surface area (Å²) < 4.78 is 28.3. The number of hydrogen-bond donors (Lipinski definition) is 1. The molecule has 0 spiro atoms. The Morgan fingerprint density at radius 1 is 1.20 bits per heavy atom. The second-order valence-corrected chi connectivity index (χ2v) is 10.2. The average Bonchev–Trinajstić information content (AvgIpc) is 3.00. The van der Waals surface area contributed by atoms with Gasteiger partial charge in [-0.2, -0.15) is 0 Å². The monoisotopic (exact) mass is 447 g/mol. The molecule has 0 fully saturated rings. The van der Waals surface area contributed by atoms with Crippen molar-refractivity contribution >= 4 is 48.9 Å². The van der Waals surface area contributed by atoms with Crippen molar-refractivity contribution in [1.82, 2.24) is 4.57 Å². The number of sulfonamides is 1. The number of benzene rings is 2. The van der Waals surface area contributed by atoms with Gasteiger partial charge in [-0.05, 0) is 50.1 Å². The van der Waals surface area contributed by atoms with Crippen LogP contribution in [0.3, 0.4) is 0 Å². The zero-order valence-corrected chi connectivity index (χ0v) is 19.0. The minimum absolute atomic E-state index is 0.0358. The second kappa shape index (κ2) is 8.61. The van der Waals surface area contributed by atoms with E-state index in [2.05, 4.69) is 5.32 Å². The van der Waals surface area contributed by atoms with Crippen LogP contribution in [0.4, 0.5) is 11.4 Å².